The van der Waals surface area contributed by atoms with Crippen LogP contribution in [-0.4, -0.2) is 63.1 Å². The first-order valence-corrected chi connectivity index (χ1v) is 10.2. The zero-order valence-corrected chi connectivity index (χ0v) is 15.7. The summed E-state index contributed by atoms with van der Waals surface area (Å²) in [6.07, 6.45) is 2.15. The number of benzene rings is 1. The van der Waals surface area contributed by atoms with Gasteiger partial charge in [-0.05, 0) is 58.3 Å². The van der Waals surface area contributed by atoms with E-state index >= 15 is 0 Å². The molecule has 2 saturated heterocycles. The third-order valence-electron chi connectivity index (χ3n) is 5.51. The molecule has 24 heavy (non-hydrogen) atoms. The van der Waals surface area contributed by atoms with E-state index in [0.29, 0.717) is 23.9 Å². The predicted octanol–water partition coefficient (Wildman–Crippen LogP) is 2.12. The first-order chi connectivity index (χ1) is 11.4. The van der Waals surface area contributed by atoms with Crippen LogP contribution in [0.3, 0.4) is 0 Å². The van der Waals surface area contributed by atoms with E-state index in [1.165, 1.54) is 0 Å². The van der Waals surface area contributed by atoms with E-state index in [-0.39, 0.29) is 5.54 Å². The van der Waals surface area contributed by atoms with Gasteiger partial charge in [0.25, 0.3) is 0 Å². The first kappa shape index (κ1) is 17.9. The van der Waals surface area contributed by atoms with Gasteiger partial charge in [-0.2, -0.15) is 4.31 Å². The summed E-state index contributed by atoms with van der Waals surface area (Å²) >= 11 is 0. The average molecular weight is 353 g/mol. The van der Waals surface area contributed by atoms with Crippen molar-refractivity contribution in [3.8, 4) is 0 Å². The molecular weight excluding hydrogens is 324 g/mol. The van der Waals surface area contributed by atoms with E-state index in [9.17, 15) is 8.42 Å². The van der Waals surface area contributed by atoms with Crippen LogP contribution in [0.25, 0.3) is 0 Å². The number of nitrogens with zero attached hydrogens (tertiary/aromatic N) is 2. The fourth-order valence-corrected chi connectivity index (χ4v) is 5.44. The van der Waals surface area contributed by atoms with E-state index < -0.39 is 10.0 Å². The Morgan fingerprint density at radius 3 is 2.54 bits per heavy atom. The second kappa shape index (κ2) is 6.75. The molecule has 0 bridgehead atoms. The molecule has 2 aliphatic rings. The van der Waals surface area contributed by atoms with Crippen molar-refractivity contribution in [2.75, 3.05) is 39.9 Å². The molecule has 0 saturated carbocycles. The van der Waals surface area contributed by atoms with Crippen LogP contribution in [0, 0.1) is 12.8 Å². The highest BCUT2D eigenvalue weighted by atomic mass is 32.2. The third-order valence-corrected chi connectivity index (χ3v) is 7.31. The lowest BCUT2D eigenvalue weighted by Crippen LogP contribution is -2.72. The molecular formula is C18H28N2O3S. The van der Waals surface area contributed by atoms with Gasteiger partial charge in [0.1, 0.15) is 0 Å². The summed E-state index contributed by atoms with van der Waals surface area (Å²) in [4.78, 5) is 2.74. The molecule has 6 heteroatoms. The van der Waals surface area contributed by atoms with Gasteiger partial charge in [0.2, 0.25) is 10.0 Å². The lowest BCUT2D eigenvalue weighted by molar-refractivity contribution is -0.0576. The average Bonchev–Trinajstić information content (AvgIpc) is 2.52. The molecule has 0 aliphatic carbocycles. The maximum atomic E-state index is 12.8. The summed E-state index contributed by atoms with van der Waals surface area (Å²) in [7, 11) is -1.26. The highest BCUT2D eigenvalue weighted by Crippen LogP contribution is 2.40. The van der Waals surface area contributed by atoms with Crippen molar-refractivity contribution >= 4 is 10.0 Å². The van der Waals surface area contributed by atoms with Gasteiger partial charge in [0, 0.05) is 31.8 Å². The van der Waals surface area contributed by atoms with Crippen molar-refractivity contribution in [1.82, 2.24) is 9.21 Å². The molecule has 2 heterocycles. The zero-order valence-electron chi connectivity index (χ0n) is 14.9. The molecule has 2 fully saturated rings. The molecule has 0 amide bonds. The topological polar surface area (TPSA) is 49.9 Å². The van der Waals surface area contributed by atoms with Crippen molar-refractivity contribution in [3.05, 3.63) is 29.8 Å². The molecule has 0 N–H and O–H groups in total. The van der Waals surface area contributed by atoms with Gasteiger partial charge in [0.15, 0.2) is 0 Å². The van der Waals surface area contributed by atoms with Gasteiger partial charge in [-0.1, -0.05) is 17.7 Å². The molecule has 0 unspecified atom stereocenters. The van der Waals surface area contributed by atoms with Crippen molar-refractivity contribution in [2.24, 2.45) is 5.92 Å². The normalized spacial score (nSPS) is 24.9. The molecule has 2 aliphatic heterocycles. The number of aryl methyl sites for hydroxylation is 1. The molecule has 0 radical (unpaired) electrons. The van der Waals surface area contributed by atoms with E-state index in [4.69, 9.17) is 4.74 Å². The van der Waals surface area contributed by atoms with Gasteiger partial charge < -0.3 is 4.74 Å². The van der Waals surface area contributed by atoms with Crippen molar-refractivity contribution < 1.29 is 13.2 Å². The number of rotatable bonds is 5. The van der Waals surface area contributed by atoms with Gasteiger partial charge >= 0.3 is 0 Å². The number of likely N-dealkylation sites (N-methyl/N-ethyl adjacent to an activating group) is 1. The second-order valence-corrected chi connectivity index (χ2v) is 9.19. The molecule has 0 aromatic heterocycles. The van der Waals surface area contributed by atoms with Crippen molar-refractivity contribution in [1.29, 1.82) is 0 Å². The van der Waals surface area contributed by atoms with Crippen LogP contribution in [-0.2, 0) is 14.8 Å². The Balaban J connectivity index is 1.69. The highest BCUT2D eigenvalue weighted by molar-refractivity contribution is 7.89. The lowest BCUT2D eigenvalue weighted by atomic mass is 9.77. The molecule has 1 spiro atoms. The predicted molar refractivity (Wildman–Crippen MR) is 94.5 cm³/mol. The Bertz CT molecular complexity index is 664. The van der Waals surface area contributed by atoms with Crippen molar-refractivity contribution in [2.45, 2.75) is 37.1 Å². The number of ether oxygens (including phenoxy) is 1. The van der Waals surface area contributed by atoms with Crippen LogP contribution >= 0.6 is 0 Å². The van der Waals surface area contributed by atoms with E-state index in [2.05, 4.69) is 11.9 Å². The van der Waals surface area contributed by atoms with Gasteiger partial charge in [-0.3, -0.25) is 4.90 Å². The summed E-state index contributed by atoms with van der Waals surface area (Å²) in [5.74, 6) is 0.533. The van der Waals surface area contributed by atoms with Crippen LogP contribution in [0.4, 0.5) is 0 Å². The number of hydrogen-bond acceptors (Lipinski definition) is 4. The van der Waals surface area contributed by atoms with Crippen LogP contribution in [0.5, 0.6) is 0 Å². The second-order valence-electron chi connectivity index (χ2n) is 7.25. The standard InChI is InChI=1S/C18H28N2O3S/c1-4-23-12-16-9-10-19(3)18(11-16)13-20(14-18)24(21,22)17-7-5-15(2)6-8-17/h5-8,16H,4,9-14H2,1-3H3/t16-/m1/s1. The quantitative estimate of drug-likeness (QED) is 0.814. The Kier molecular flexibility index (Phi) is 5.02. The smallest absolute Gasteiger partial charge is 0.243 e. The van der Waals surface area contributed by atoms with Crippen LogP contribution in [0.2, 0.25) is 0 Å². The summed E-state index contributed by atoms with van der Waals surface area (Å²) in [5, 5.41) is 0. The largest absolute Gasteiger partial charge is 0.381 e. The van der Waals surface area contributed by atoms with E-state index in [1.807, 2.05) is 26.0 Å². The fourth-order valence-electron chi connectivity index (χ4n) is 3.85. The minimum Gasteiger partial charge on any atom is -0.381 e. The number of sulfonamides is 1. The maximum absolute atomic E-state index is 12.8. The van der Waals surface area contributed by atoms with E-state index in [0.717, 1.165) is 38.2 Å². The molecule has 1 aromatic carbocycles. The molecule has 3 rings (SSSR count). The Morgan fingerprint density at radius 1 is 1.25 bits per heavy atom. The van der Waals surface area contributed by atoms with Gasteiger partial charge in [-0.15, -0.1) is 0 Å². The number of hydrogen-bond donors (Lipinski definition) is 0. The Morgan fingerprint density at radius 2 is 1.92 bits per heavy atom. The summed E-state index contributed by atoms with van der Waals surface area (Å²) < 4.78 is 32.8. The SMILES string of the molecule is CCOC[C@@H]1CCN(C)C2(C1)CN(S(=O)(=O)c1ccc(C)cc1)C2. The summed E-state index contributed by atoms with van der Waals surface area (Å²) in [6.45, 7) is 7.69. The van der Waals surface area contributed by atoms with Crippen molar-refractivity contribution in [3.63, 3.8) is 0 Å². The minimum absolute atomic E-state index is 0.0161. The molecule has 1 atom stereocenters. The minimum atomic E-state index is -3.38. The Hall–Kier alpha value is -0.950. The summed E-state index contributed by atoms with van der Waals surface area (Å²) in [5.41, 5.74) is 1.05. The van der Waals surface area contributed by atoms with Gasteiger partial charge in [0.05, 0.1) is 4.90 Å². The molecule has 1 aromatic rings. The van der Waals surface area contributed by atoms with E-state index in [1.54, 1.807) is 16.4 Å². The zero-order chi connectivity index (χ0) is 17.4. The van der Waals surface area contributed by atoms with Gasteiger partial charge in [-0.25, -0.2) is 8.42 Å². The van der Waals surface area contributed by atoms with Crippen LogP contribution in [0.1, 0.15) is 25.3 Å². The first-order valence-electron chi connectivity index (χ1n) is 8.73. The van der Waals surface area contributed by atoms with Crippen LogP contribution < -0.4 is 0 Å². The van der Waals surface area contributed by atoms with Crippen LogP contribution in [0.15, 0.2) is 29.2 Å². The fraction of sp³-hybridized carbons (Fsp3) is 0.667. The molecule has 5 nitrogen and oxygen atoms in total. The third kappa shape index (κ3) is 3.25. The molecule has 134 valence electrons. The monoisotopic (exact) mass is 352 g/mol. The number of piperidine rings is 1. The maximum Gasteiger partial charge on any atom is 0.243 e. The Labute approximate surface area is 145 Å². The number of likely N-dealkylation sites (tertiary alicyclic amines) is 1. The lowest BCUT2D eigenvalue weighted by Gasteiger charge is -2.57. The summed E-state index contributed by atoms with van der Waals surface area (Å²) in [6, 6.07) is 7.12. The highest BCUT2D eigenvalue weighted by Gasteiger charge is 2.53.